The Hall–Kier alpha value is -2.45. The summed E-state index contributed by atoms with van der Waals surface area (Å²) in [6.07, 6.45) is 2.66. The van der Waals surface area contributed by atoms with Crippen molar-refractivity contribution in [3.05, 3.63) is 48.0 Å². The predicted molar refractivity (Wildman–Crippen MR) is 110 cm³/mol. The maximum absolute atomic E-state index is 5.53. The van der Waals surface area contributed by atoms with Gasteiger partial charge in [-0.1, -0.05) is 37.3 Å². The predicted octanol–water partition coefficient (Wildman–Crippen LogP) is 1.08. The second kappa shape index (κ2) is 10.8. The number of aromatic nitrogens is 3. The van der Waals surface area contributed by atoms with E-state index in [-0.39, 0.29) is 6.04 Å². The SMILES string of the molecule is CCc1nncn1CCNC(=NC)NCC(c1ccccc1)N1CCOCC1. The highest BCUT2D eigenvalue weighted by Gasteiger charge is 2.22. The van der Waals surface area contributed by atoms with Gasteiger partial charge in [-0.25, -0.2) is 0 Å². The summed E-state index contributed by atoms with van der Waals surface area (Å²) in [5.74, 6) is 1.81. The van der Waals surface area contributed by atoms with E-state index in [9.17, 15) is 0 Å². The molecular formula is C20H31N7O. The van der Waals surface area contributed by atoms with Gasteiger partial charge in [0.25, 0.3) is 0 Å². The van der Waals surface area contributed by atoms with Crippen molar-refractivity contribution >= 4 is 5.96 Å². The van der Waals surface area contributed by atoms with Gasteiger partial charge < -0.3 is 19.9 Å². The van der Waals surface area contributed by atoms with Crippen LogP contribution in [0, 0.1) is 0 Å². The van der Waals surface area contributed by atoms with Crippen LogP contribution in [0.3, 0.4) is 0 Å². The van der Waals surface area contributed by atoms with Crippen LogP contribution in [0.5, 0.6) is 0 Å². The van der Waals surface area contributed by atoms with Crippen LogP contribution in [-0.4, -0.2) is 72.1 Å². The monoisotopic (exact) mass is 385 g/mol. The highest BCUT2D eigenvalue weighted by molar-refractivity contribution is 5.79. The van der Waals surface area contributed by atoms with Crippen LogP contribution in [0.2, 0.25) is 0 Å². The average molecular weight is 386 g/mol. The zero-order valence-electron chi connectivity index (χ0n) is 16.8. The minimum atomic E-state index is 0.285. The van der Waals surface area contributed by atoms with Gasteiger partial charge in [-0.05, 0) is 5.56 Å². The molecule has 1 unspecified atom stereocenters. The summed E-state index contributed by atoms with van der Waals surface area (Å²) < 4.78 is 7.60. The lowest BCUT2D eigenvalue weighted by atomic mass is 10.0. The fourth-order valence-electron chi connectivity index (χ4n) is 3.47. The second-order valence-corrected chi connectivity index (χ2v) is 6.75. The van der Waals surface area contributed by atoms with E-state index in [4.69, 9.17) is 4.74 Å². The Balaban J connectivity index is 1.54. The van der Waals surface area contributed by atoms with Crippen molar-refractivity contribution in [2.45, 2.75) is 25.9 Å². The third-order valence-electron chi connectivity index (χ3n) is 5.01. The summed E-state index contributed by atoms with van der Waals surface area (Å²) in [7, 11) is 1.80. The van der Waals surface area contributed by atoms with Crippen LogP contribution < -0.4 is 10.6 Å². The molecule has 2 heterocycles. The van der Waals surface area contributed by atoms with Gasteiger partial charge in [0, 0.05) is 46.2 Å². The van der Waals surface area contributed by atoms with Crippen LogP contribution in [-0.2, 0) is 17.7 Å². The smallest absolute Gasteiger partial charge is 0.191 e. The first-order valence-corrected chi connectivity index (χ1v) is 9.99. The van der Waals surface area contributed by atoms with Gasteiger partial charge in [-0.3, -0.25) is 9.89 Å². The highest BCUT2D eigenvalue weighted by Crippen LogP contribution is 2.20. The lowest BCUT2D eigenvalue weighted by Crippen LogP contribution is -2.46. The molecule has 1 atom stereocenters. The Kier molecular flexibility index (Phi) is 7.81. The molecule has 1 saturated heterocycles. The Morgan fingerprint density at radius 2 is 2.00 bits per heavy atom. The molecule has 28 heavy (non-hydrogen) atoms. The van der Waals surface area contributed by atoms with Crippen LogP contribution in [0.15, 0.2) is 41.7 Å². The Bertz CT molecular complexity index is 725. The summed E-state index contributed by atoms with van der Waals surface area (Å²) in [6, 6.07) is 10.9. The van der Waals surface area contributed by atoms with E-state index in [1.165, 1.54) is 5.56 Å². The van der Waals surface area contributed by atoms with E-state index >= 15 is 0 Å². The summed E-state index contributed by atoms with van der Waals surface area (Å²) >= 11 is 0. The van der Waals surface area contributed by atoms with Gasteiger partial charge >= 0.3 is 0 Å². The summed E-state index contributed by atoms with van der Waals surface area (Å²) in [5.41, 5.74) is 1.31. The fourth-order valence-corrected chi connectivity index (χ4v) is 3.47. The van der Waals surface area contributed by atoms with Crippen molar-refractivity contribution in [3.63, 3.8) is 0 Å². The topological polar surface area (TPSA) is 79.6 Å². The van der Waals surface area contributed by atoms with Gasteiger partial charge in [-0.2, -0.15) is 0 Å². The molecule has 0 aliphatic carbocycles. The molecule has 1 aromatic carbocycles. The van der Waals surface area contributed by atoms with Gasteiger partial charge in [0.1, 0.15) is 12.2 Å². The number of hydrogen-bond acceptors (Lipinski definition) is 5. The van der Waals surface area contributed by atoms with E-state index < -0.39 is 0 Å². The Labute approximate surface area is 167 Å². The minimum absolute atomic E-state index is 0.285. The van der Waals surface area contributed by atoms with Crippen molar-refractivity contribution in [2.24, 2.45) is 4.99 Å². The number of nitrogens with one attached hydrogen (secondary N) is 2. The molecule has 8 nitrogen and oxygen atoms in total. The highest BCUT2D eigenvalue weighted by atomic mass is 16.5. The second-order valence-electron chi connectivity index (χ2n) is 6.75. The standard InChI is InChI=1S/C20H31N7O/c1-3-19-25-24-16-27(19)10-9-22-20(21-2)23-15-18(17-7-5-4-6-8-17)26-11-13-28-14-12-26/h4-8,16,18H,3,9-15H2,1-2H3,(H2,21,22,23). The number of morpholine rings is 1. The number of ether oxygens (including phenoxy) is 1. The lowest BCUT2D eigenvalue weighted by Gasteiger charge is -2.35. The maximum Gasteiger partial charge on any atom is 0.191 e. The summed E-state index contributed by atoms with van der Waals surface area (Å²) in [4.78, 5) is 6.85. The molecule has 0 spiro atoms. The third-order valence-corrected chi connectivity index (χ3v) is 5.01. The van der Waals surface area contributed by atoms with E-state index in [0.29, 0.717) is 0 Å². The summed E-state index contributed by atoms with van der Waals surface area (Å²) in [6.45, 7) is 7.91. The Morgan fingerprint density at radius 3 is 2.71 bits per heavy atom. The summed E-state index contributed by atoms with van der Waals surface area (Å²) in [5, 5.41) is 15.0. The normalized spacial score (nSPS) is 16.7. The average Bonchev–Trinajstić information content (AvgIpc) is 3.21. The van der Waals surface area contributed by atoms with Crippen LogP contribution in [0.25, 0.3) is 0 Å². The number of benzene rings is 1. The van der Waals surface area contributed by atoms with Gasteiger partial charge in [0.05, 0.1) is 19.3 Å². The van der Waals surface area contributed by atoms with Crippen LogP contribution >= 0.6 is 0 Å². The van der Waals surface area contributed by atoms with Crippen LogP contribution in [0.1, 0.15) is 24.4 Å². The maximum atomic E-state index is 5.53. The number of guanidine groups is 1. The molecule has 0 amide bonds. The molecule has 1 aliphatic rings. The Morgan fingerprint density at radius 1 is 1.21 bits per heavy atom. The molecule has 1 fully saturated rings. The van der Waals surface area contributed by atoms with Crippen LogP contribution in [0.4, 0.5) is 0 Å². The lowest BCUT2D eigenvalue weighted by molar-refractivity contribution is 0.0170. The number of rotatable bonds is 8. The van der Waals surface area contributed by atoms with Crippen molar-refractivity contribution in [1.82, 2.24) is 30.3 Å². The van der Waals surface area contributed by atoms with Gasteiger partial charge in [-0.15, -0.1) is 10.2 Å². The number of aryl methyl sites for hydroxylation is 1. The molecule has 2 N–H and O–H groups in total. The minimum Gasteiger partial charge on any atom is -0.379 e. The van der Waals surface area contributed by atoms with E-state index in [1.54, 1.807) is 13.4 Å². The third kappa shape index (κ3) is 5.53. The van der Waals surface area contributed by atoms with Crippen molar-refractivity contribution < 1.29 is 4.74 Å². The number of hydrogen-bond donors (Lipinski definition) is 2. The molecule has 0 bridgehead atoms. The molecule has 3 rings (SSSR count). The van der Waals surface area contributed by atoms with E-state index in [2.05, 4.69) is 72.5 Å². The molecule has 8 heteroatoms. The first-order valence-electron chi connectivity index (χ1n) is 9.99. The van der Waals surface area contributed by atoms with E-state index in [0.717, 1.165) is 64.1 Å². The molecule has 0 saturated carbocycles. The molecule has 152 valence electrons. The zero-order valence-corrected chi connectivity index (χ0v) is 16.8. The molecule has 1 aromatic heterocycles. The first-order chi connectivity index (χ1) is 13.8. The van der Waals surface area contributed by atoms with Crippen molar-refractivity contribution in [3.8, 4) is 0 Å². The number of aliphatic imine (C=N–C) groups is 1. The van der Waals surface area contributed by atoms with Crippen molar-refractivity contribution in [2.75, 3.05) is 46.4 Å². The zero-order chi connectivity index (χ0) is 19.6. The largest absolute Gasteiger partial charge is 0.379 e. The fraction of sp³-hybridized carbons (Fsp3) is 0.550. The van der Waals surface area contributed by atoms with Crippen molar-refractivity contribution in [1.29, 1.82) is 0 Å². The van der Waals surface area contributed by atoms with Gasteiger partial charge in [0.2, 0.25) is 0 Å². The van der Waals surface area contributed by atoms with E-state index in [1.807, 2.05) is 0 Å². The number of nitrogens with zero attached hydrogens (tertiary/aromatic N) is 5. The molecular weight excluding hydrogens is 354 g/mol. The molecule has 2 aromatic rings. The molecule has 1 aliphatic heterocycles. The quantitative estimate of drug-likeness (QED) is 0.523. The molecule has 0 radical (unpaired) electrons. The first kappa shape index (κ1) is 20.3. The van der Waals surface area contributed by atoms with Gasteiger partial charge in [0.15, 0.2) is 5.96 Å².